The van der Waals surface area contributed by atoms with Crippen molar-refractivity contribution in [1.29, 1.82) is 0 Å². The molecule has 2 aromatic carbocycles. The highest BCUT2D eigenvalue weighted by Gasteiger charge is 2.67. The van der Waals surface area contributed by atoms with Crippen LogP contribution in [0.3, 0.4) is 0 Å². The van der Waals surface area contributed by atoms with Crippen molar-refractivity contribution in [2.75, 3.05) is 40.6 Å². The molecule has 4 rings (SSSR count). The van der Waals surface area contributed by atoms with E-state index in [2.05, 4.69) is 13.2 Å². The summed E-state index contributed by atoms with van der Waals surface area (Å²) in [6, 6.07) is 15.0. The molecule has 2 aliphatic rings. The Hall–Kier alpha value is -5.26. The largest absolute Gasteiger partial charge is 0.468 e. The van der Waals surface area contributed by atoms with Gasteiger partial charge in [0.15, 0.2) is 10.8 Å². The molecule has 4 unspecified atom stereocenters. The first-order valence-electron chi connectivity index (χ1n) is 15.8. The number of carbonyl (C=O) groups excluding carboxylic acids is 6. The first-order chi connectivity index (χ1) is 23.5. The molecule has 0 N–H and O–H groups in total. The number of hydrogen-bond acceptors (Lipinski definition) is 12. The minimum absolute atomic E-state index is 0.0378. The summed E-state index contributed by atoms with van der Waals surface area (Å²) in [4.78, 5) is 73.5. The van der Waals surface area contributed by atoms with Crippen molar-refractivity contribution in [2.24, 2.45) is 22.7 Å². The maximum absolute atomic E-state index is 12.4. The molecule has 2 aromatic rings. The highest BCUT2D eigenvalue weighted by Crippen LogP contribution is 2.55. The number of esters is 6. The van der Waals surface area contributed by atoms with Crippen molar-refractivity contribution in [1.82, 2.24) is 0 Å². The van der Waals surface area contributed by atoms with E-state index in [-0.39, 0.29) is 63.9 Å². The lowest BCUT2D eigenvalue weighted by molar-refractivity contribution is -0.167. The Kier molecular flexibility index (Phi) is 12.1. The molecule has 0 aromatic heterocycles. The molecule has 2 fully saturated rings. The Morgan fingerprint density at radius 3 is 1.20 bits per heavy atom. The van der Waals surface area contributed by atoms with E-state index in [9.17, 15) is 28.8 Å². The molecule has 0 heterocycles. The van der Waals surface area contributed by atoms with Gasteiger partial charge in [0, 0.05) is 11.8 Å². The normalized spacial score (nSPS) is 21.7. The van der Waals surface area contributed by atoms with E-state index in [0.29, 0.717) is 6.42 Å². The third kappa shape index (κ3) is 8.62. The second kappa shape index (κ2) is 16.2. The predicted molar refractivity (Wildman–Crippen MR) is 172 cm³/mol. The fourth-order valence-corrected chi connectivity index (χ4v) is 5.67. The van der Waals surface area contributed by atoms with Crippen LogP contribution in [0.2, 0.25) is 0 Å². The minimum atomic E-state index is -1.36. The number of rotatable bonds is 18. The lowest BCUT2D eigenvalue weighted by atomic mass is 10.0. The van der Waals surface area contributed by atoms with Crippen LogP contribution in [0.25, 0.3) is 0 Å². The topological polar surface area (TPSA) is 158 Å². The second-order valence-corrected chi connectivity index (χ2v) is 11.9. The lowest BCUT2D eigenvalue weighted by Gasteiger charge is -2.13. The van der Waals surface area contributed by atoms with E-state index in [1.54, 1.807) is 0 Å². The van der Waals surface area contributed by atoms with Crippen molar-refractivity contribution < 1.29 is 57.2 Å². The van der Waals surface area contributed by atoms with E-state index in [1.165, 1.54) is 26.4 Å². The number of hydrogen-bond donors (Lipinski definition) is 0. The van der Waals surface area contributed by atoms with Crippen LogP contribution in [0.15, 0.2) is 73.8 Å². The number of ether oxygens (including phenoxy) is 6. The fraction of sp³-hybridized carbons (Fsp3) is 0.405. The maximum Gasteiger partial charge on any atom is 0.324 e. The Morgan fingerprint density at radius 1 is 0.571 bits per heavy atom. The summed E-state index contributed by atoms with van der Waals surface area (Å²) in [6.07, 6.45) is 4.31. The van der Waals surface area contributed by atoms with Crippen LogP contribution in [0.4, 0.5) is 0 Å². The Labute approximate surface area is 284 Å². The zero-order valence-corrected chi connectivity index (χ0v) is 27.6. The summed E-state index contributed by atoms with van der Waals surface area (Å²) in [5.74, 6) is -4.40. The van der Waals surface area contributed by atoms with Crippen molar-refractivity contribution in [3.05, 3.63) is 96.1 Å². The first-order valence-corrected chi connectivity index (χ1v) is 15.8. The van der Waals surface area contributed by atoms with Gasteiger partial charge in [-0.05, 0) is 41.5 Å². The van der Waals surface area contributed by atoms with Crippen molar-refractivity contribution in [3.63, 3.8) is 0 Å². The van der Waals surface area contributed by atoms with Gasteiger partial charge in [-0.2, -0.15) is 0 Å². The standard InChI is InChI=1S/C37H40O12/c1-5-28-22-36(28,32(40)44-3)34(42)48-17-15-46-30(38)20-26-11-7-24(8-12-26)19-25-9-13-27(14-10-25)21-31(39)47-16-18-49-35(43)37(33(41)45-4)23-29(37)6-2/h5-14,28-29H,1-2,15-23H2,3-4H3. The van der Waals surface area contributed by atoms with Crippen LogP contribution in [-0.2, 0) is 76.5 Å². The van der Waals surface area contributed by atoms with E-state index < -0.39 is 46.6 Å². The number of allylic oxidation sites excluding steroid dienone is 2. The van der Waals surface area contributed by atoms with Crippen molar-refractivity contribution in [3.8, 4) is 0 Å². The third-order valence-electron chi connectivity index (χ3n) is 8.74. The molecule has 0 amide bonds. The molecule has 0 radical (unpaired) electrons. The summed E-state index contributed by atoms with van der Waals surface area (Å²) in [5, 5.41) is 0. The van der Waals surface area contributed by atoms with Gasteiger partial charge in [0.2, 0.25) is 0 Å². The van der Waals surface area contributed by atoms with Gasteiger partial charge in [0.1, 0.15) is 26.4 Å². The van der Waals surface area contributed by atoms with Gasteiger partial charge in [-0.15, -0.1) is 13.2 Å². The van der Waals surface area contributed by atoms with E-state index in [0.717, 1.165) is 22.3 Å². The molecule has 0 bridgehead atoms. The fourth-order valence-electron chi connectivity index (χ4n) is 5.67. The van der Waals surface area contributed by atoms with Crippen LogP contribution in [0.5, 0.6) is 0 Å². The first kappa shape index (κ1) is 36.6. The van der Waals surface area contributed by atoms with E-state index >= 15 is 0 Å². The van der Waals surface area contributed by atoms with Gasteiger partial charge < -0.3 is 28.4 Å². The average molecular weight is 677 g/mol. The van der Waals surface area contributed by atoms with Gasteiger partial charge in [-0.1, -0.05) is 60.7 Å². The summed E-state index contributed by atoms with van der Waals surface area (Å²) in [7, 11) is 2.41. The summed E-state index contributed by atoms with van der Waals surface area (Å²) in [6.45, 7) is 6.60. The monoisotopic (exact) mass is 676 g/mol. The third-order valence-corrected chi connectivity index (χ3v) is 8.74. The number of benzene rings is 2. The molecule has 12 nitrogen and oxygen atoms in total. The molecule has 0 spiro atoms. The zero-order chi connectivity index (χ0) is 35.6. The van der Waals surface area contributed by atoms with Crippen LogP contribution in [0, 0.1) is 22.7 Å². The predicted octanol–water partition coefficient (Wildman–Crippen LogP) is 3.27. The maximum atomic E-state index is 12.4. The Balaban J connectivity index is 1.12. The SMILES string of the molecule is C=CC1CC1(C(=O)OC)C(=O)OCCOC(=O)Cc1ccc(Cc2ccc(CC(=O)OCCOC(=O)C3(C(=O)OC)CC3C=C)cc2)cc1. The summed E-state index contributed by atoms with van der Waals surface area (Å²) < 4.78 is 30.1. The van der Waals surface area contributed by atoms with Gasteiger partial charge in [0.25, 0.3) is 0 Å². The summed E-state index contributed by atoms with van der Waals surface area (Å²) >= 11 is 0. The van der Waals surface area contributed by atoms with Crippen LogP contribution in [0.1, 0.15) is 35.1 Å². The van der Waals surface area contributed by atoms with Gasteiger partial charge in [-0.3, -0.25) is 28.8 Å². The molecule has 2 saturated carbocycles. The molecule has 2 aliphatic carbocycles. The minimum Gasteiger partial charge on any atom is -0.468 e. The van der Waals surface area contributed by atoms with Gasteiger partial charge in [0.05, 0.1) is 27.1 Å². The van der Waals surface area contributed by atoms with Gasteiger partial charge in [-0.25, -0.2) is 0 Å². The van der Waals surface area contributed by atoms with E-state index in [4.69, 9.17) is 28.4 Å². The van der Waals surface area contributed by atoms with Crippen LogP contribution in [-0.4, -0.2) is 76.5 Å². The van der Waals surface area contributed by atoms with Crippen molar-refractivity contribution >= 4 is 35.8 Å². The molecule has 49 heavy (non-hydrogen) atoms. The smallest absolute Gasteiger partial charge is 0.324 e. The Bertz CT molecular complexity index is 1460. The molecule has 0 saturated heterocycles. The highest BCUT2D eigenvalue weighted by atomic mass is 16.6. The molecule has 260 valence electrons. The lowest BCUT2D eigenvalue weighted by Crippen LogP contribution is -2.31. The Morgan fingerprint density at radius 2 is 0.898 bits per heavy atom. The average Bonchev–Trinajstić information content (AvgIpc) is 4.03. The number of methoxy groups -OCH3 is 2. The second-order valence-electron chi connectivity index (χ2n) is 11.9. The quantitative estimate of drug-likeness (QED) is 0.0748. The zero-order valence-electron chi connectivity index (χ0n) is 27.6. The number of carbonyl (C=O) groups is 6. The molecule has 4 atom stereocenters. The van der Waals surface area contributed by atoms with Crippen LogP contribution < -0.4 is 0 Å². The molecular weight excluding hydrogens is 636 g/mol. The summed E-state index contributed by atoms with van der Waals surface area (Å²) in [5.41, 5.74) is 0.825. The van der Waals surface area contributed by atoms with Gasteiger partial charge >= 0.3 is 35.8 Å². The molecular formula is C37H40O12. The van der Waals surface area contributed by atoms with Crippen LogP contribution >= 0.6 is 0 Å². The molecule has 0 aliphatic heterocycles. The highest BCUT2D eigenvalue weighted by molar-refractivity contribution is 6.05. The molecule has 12 heteroatoms. The van der Waals surface area contributed by atoms with E-state index in [1.807, 2.05) is 48.5 Å². The van der Waals surface area contributed by atoms with Crippen molar-refractivity contribution in [2.45, 2.75) is 32.1 Å².